The molecule has 1 fully saturated rings. The highest BCUT2D eigenvalue weighted by Crippen LogP contribution is 2.38. The fraction of sp³-hybridized carbons (Fsp3) is 0.250. The van der Waals surface area contributed by atoms with Crippen LogP contribution < -0.4 is 11.1 Å². The molecule has 0 amide bonds. The maximum Gasteiger partial charge on any atom is 0.187 e. The molecule has 3 N–H and O–H groups in total. The molecule has 1 heterocycles. The summed E-state index contributed by atoms with van der Waals surface area (Å²) in [6.07, 6.45) is 2.98. The van der Waals surface area contributed by atoms with Gasteiger partial charge in [0.15, 0.2) is 5.69 Å². The van der Waals surface area contributed by atoms with Crippen molar-refractivity contribution in [1.29, 1.82) is 0 Å². The van der Waals surface area contributed by atoms with Crippen LogP contribution in [0.4, 0.5) is 11.5 Å². The largest absolute Gasteiger partial charge is 0.366 e. The zero-order valence-electron chi connectivity index (χ0n) is 11.1. The summed E-state index contributed by atoms with van der Waals surface area (Å²) in [6.45, 7) is 7.62. The summed E-state index contributed by atoms with van der Waals surface area (Å²) in [6, 6.07) is 12.0. The maximum atomic E-state index is 6.92. The molecule has 1 saturated carbocycles. The lowest BCUT2D eigenvalue weighted by atomic mass is 10.2. The molecule has 2 aromatic rings. The molecule has 1 aromatic carbocycles. The monoisotopic (exact) mass is 264 g/mol. The van der Waals surface area contributed by atoms with Crippen molar-refractivity contribution in [3.8, 4) is 0 Å². The van der Waals surface area contributed by atoms with Crippen LogP contribution >= 0.6 is 0 Å². The quantitative estimate of drug-likeness (QED) is 0.834. The maximum absolute atomic E-state index is 6.92. The van der Waals surface area contributed by atoms with E-state index in [-0.39, 0.29) is 0 Å². The molecule has 1 aromatic heterocycles. The van der Waals surface area contributed by atoms with Gasteiger partial charge >= 0.3 is 0 Å². The number of nitrogens with two attached hydrogens (primary N) is 1. The van der Waals surface area contributed by atoms with Crippen molar-refractivity contribution in [2.45, 2.75) is 24.9 Å². The highest BCUT2D eigenvalue weighted by atomic mass is 15.0. The van der Waals surface area contributed by atoms with Crippen molar-refractivity contribution in [2.75, 3.05) is 5.32 Å². The van der Waals surface area contributed by atoms with Gasteiger partial charge in [0, 0.05) is 24.7 Å². The summed E-state index contributed by atoms with van der Waals surface area (Å²) in [7, 11) is 0. The van der Waals surface area contributed by atoms with Gasteiger partial charge in [0.05, 0.1) is 6.57 Å². The van der Waals surface area contributed by atoms with Crippen molar-refractivity contribution in [1.82, 2.24) is 4.98 Å². The van der Waals surface area contributed by atoms with Crippen molar-refractivity contribution >= 4 is 11.5 Å². The molecule has 0 radical (unpaired) electrons. The van der Waals surface area contributed by atoms with E-state index < -0.39 is 0 Å². The third-order valence-corrected chi connectivity index (χ3v) is 3.59. The molecule has 4 nitrogen and oxygen atoms in total. The Bertz CT molecular complexity index is 625. The van der Waals surface area contributed by atoms with Gasteiger partial charge < -0.3 is 11.1 Å². The molecule has 0 saturated heterocycles. The Kier molecular flexibility index (Phi) is 3.36. The van der Waals surface area contributed by atoms with Crippen LogP contribution in [-0.2, 0) is 6.54 Å². The first-order valence-electron chi connectivity index (χ1n) is 6.68. The second-order valence-electron chi connectivity index (χ2n) is 5.11. The lowest BCUT2D eigenvalue weighted by Gasteiger charge is -2.06. The average Bonchev–Trinajstić information content (AvgIpc) is 3.23. The number of anilines is 1. The Morgan fingerprint density at radius 3 is 2.55 bits per heavy atom. The van der Waals surface area contributed by atoms with E-state index in [9.17, 15) is 0 Å². The molecule has 1 aliphatic carbocycles. The normalized spacial score (nSPS) is 20.2. The highest BCUT2D eigenvalue weighted by Gasteiger charge is 2.34. The zero-order chi connectivity index (χ0) is 13.9. The predicted octanol–water partition coefficient (Wildman–Crippen LogP) is 3.06. The van der Waals surface area contributed by atoms with E-state index in [4.69, 9.17) is 12.3 Å². The summed E-state index contributed by atoms with van der Waals surface area (Å²) < 4.78 is 0. The molecule has 2 atom stereocenters. The van der Waals surface area contributed by atoms with E-state index in [1.54, 1.807) is 0 Å². The van der Waals surface area contributed by atoms with E-state index in [0.29, 0.717) is 24.2 Å². The van der Waals surface area contributed by atoms with Crippen LogP contribution in [0.3, 0.4) is 0 Å². The Hall–Kier alpha value is -2.38. The summed E-state index contributed by atoms with van der Waals surface area (Å²) in [5, 5.41) is 3.28. The van der Waals surface area contributed by atoms with Crippen LogP contribution in [0.2, 0.25) is 0 Å². The molecule has 0 unspecified atom stereocenters. The number of hydrogen-bond donors (Lipinski definition) is 2. The van der Waals surface area contributed by atoms with Gasteiger partial charge in [-0.05, 0) is 23.6 Å². The van der Waals surface area contributed by atoms with Crippen LogP contribution in [0.15, 0.2) is 42.6 Å². The summed E-state index contributed by atoms with van der Waals surface area (Å²) >= 11 is 0. The molecule has 0 aliphatic heterocycles. The molecule has 3 rings (SSSR count). The van der Waals surface area contributed by atoms with Gasteiger partial charge in [0.25, 0.3) is 0 Å². The number of rotatable bonds is 4. The van der Waals surface area contributed by atoms with E-state index in [0.717, 1.165) is 17.8 Å². The Morgan fingerprint density at radius 1 is 1.25 bits per heavy atom. The number of nitrogens with zero attached hydrogens (tertiary/aromatic N) is 2. The minimum absolute atomic E-state index is 0.316. The first-order valence-corrected chi connectivity index (χ1v) is 6.68. The summed E-state index contributed by atoms with van der Waals surface area (Å²) in [4.78, 5) is 7.78. The zero-order valence-corrected chi connectivity index (χ0v) is 11.1. The van der Waals surface area contributed by atoms with Gasteiger partial charge in [-0.25, -0.2) is 9.83 Å². The van der Waals surface area contributed by atoms with E-state index in [1.165, 1.54) is 5.56 Å². The number of aromatic nitrogens is 1. The van der Waals surface area contributed by atoms with Crippen molar-refractivity contribution < 1.29 is 0 Å². The van der Waals surface area contributed by atoms with Gasteiger partial charge in [-0.15, -0.1) is 0 Å². The predicted molar refractivity (Wildman–Crippen MR) is 79.6 cm³/mol. The van der Waals surface area contributed by atoms with E-state index >= 15 is 0 Å². The van der Waals surface area contributed by atoms with Crippen molar-refractivity contribution in [2.24, 2.45) is 5.73 Å². The molecule has 4 heteroatoms. The summed E-state index contributed by atoms with van der Waals surface area (Å²) in [5.41, 5.74) is 8.85. The van der Waals surface area contributed by atoms with Gasteiger partial charge in [-0.1, -0.05) is 30.3 Å². The van der Waals surface area contributed by atoms with E-state index in [2.05, 4.69) is 21.2 Å². The Balaban J connectivity index is 1.59. The fourth-order valence-electron chi connectivity index (χ4n) is 2.21. The standard InChI is InChI=1S/C16H16N4/c1-18-13-5-2-11(3-6-13)9-19-16-7-4-12(10-20-16)14-8-15(14)17/h2-7,10,14-15H,8-9,17H2,(H,19,20)/t14-,15+/m1/s1. The third-order valence-electron chi connectivity index (χ3n) is 3.59. The lowest BCUT2D eigenvalue weighted by molar-refractivity contribution is 0.978. The van der Waals surface area contributed by atoms with E-state index in [1.807, 2.05) is 36.5 Å². The highest BCUT2D eigenvalue weighted by molar-refractivity contribution is 5.46. The minimum Gasteiger partial charge on any atom is -0.366 e. The fourth-order valence-corrected chi connectivity index (χ4v) is 2.21. The smallest absolute Gasteiger partial charge is 0.187 e. The van der Waals surface area contributed by atoms with Gasteiger partial charge in [-0.2, -0.15) is 0 Å². The average molecular weight is 264 g/mol. The lowest BCUT2D eigenvalue weighted by Crippen LogP contribution is -2.03. The number of pyridine rings is 1. The third kappa shape index (κ3) is 2.79. The van der Waals surface area contributed by atoms with Crippen LogP contribution in [0.1, 0.15) is 23.5 Å². The van der Waals surface area contributed by atoms with Gasteiger partial charge in [0.2, 0.25) is 0 Å². The minimum atomic E-state index is 0.316. The number of benzene rings is 1. The Morgan fingerprint density at radius 2 is 2.00 bits per heavy atom. The SMILES string of the molecule is [C-]#[N+]c1ccc(CNc2ccc([C@H]3C[C@@H]3N)cn2)cc1. The summed E-state index contributed by atoms with van der Waals surface area (Å²) in [5.74, 6) is 1.36. The van der Waals surface area contributed by atoms with Gasteiger partial charge in [0.1, 0.15) is 5.82 Å². The first-order chi connectivity index (χ1) is 9.76. The topological polar surface area (TPSA) is 55.3 Å². The second-order valence-corrected chi connectivity index (χ2v) is 5.11. The van der Waals surface area contributed by atoms with Crippen molar-refractivity contribution in [3.63, 3.8) is 0 Å². The Labute approximate surface area is 118 Å². The number of hydrogen-bond acceptors (Lipinski definition) is 3. The number of nitrogens with one attached hydrogen (secondary N) is 1. The van der Waals surface area contributed by atoms with Gasteiger partial charge in [-0.3, -0.25) is 0 Å². The molecule has 20 heavy (non-hydrogen) atoms. The molecule has 1 aliphatic rings. The molecular weight excluding hydrogens is 248 g/mol. The molecule has 100 valence electrons. The molecule has 0 spiro atoms. The van der Waals surface area contributed by atoms with Crippen LogP contribution in [0.5, 0.6) is 0 Å². The van der Waals surface area contributed by atoms with Crippen molar-refractivity contribution in [3.05, 3.63) is 65.1 Å². The van der Waals surface area contributed by atoms with Crippen LogP contribution in [-0.4, -0.2) is 11.0 Å². The first kappa shape index (κ1) is 12.6. The molecule has 0 bridgehead atoms. The van der Waals surface area contributed by atoms with Crippen LogP contribution in [0.25, 0.3) is 4.85 Å². The molecular formula is C16H16N4. The second kappa shape index (κ2) is 5.32. The van der Waals surface area contributed by atoms with Crippen LogP contribution in [0, 0.1) is 6.57 Å².